The summed E-state index contributed by atoms with van der Waals surface area (Å²) in [6.07, 6.45) is -0.643. The van der Waals surface area contributed by atoms with Crippen LogP contribution in [0.2, 0.25) is 0 Å². The topological polar surface area (TPSA) is 83.1 Å². The average molecular weight is 466 g/mol. The van der Waals surface area contributed by atoms with Crippen molar-refractivity contribution in [2.24, 2.45) is 0 Å². The van der Waals surface area contributed by atoms with E-state index < -0.39 is 18.2 Å². The minimum atomic E-state index is -3.61. The maximum absolute atomic E-state index is 13.5. The Morgan fingerprint density at radius 1 is 1.04 bits per heavy atom. The van der Waals surface area contributed by atoms with Crippen LogP contribution < -0.4 is 14.8 Å². The number of rotatable bonds is 10. The van der Waals surface area contributed by atoms with Crippen LogP contribution in [0, 0.1) is 0 Å². The molecule has 0 fully saturated rings. The summed E-state index contributed by atoms with van der Waals surface area (Å²) in [5.41, 5.74) is 0.671. The van der Waals surface area contributed by atoms with Crippen LogP contribution in [0.1, 0.15) is 46.2 Å². The molecule has 0 saturated carbocycles. The van der Waals surface area contributed by atoms with Gasteiger partial charge in [-0.2, -0.15) is 0 Å². The van der Waals surface area contributed by atoms with E-state index in [1.54, 1.807) is 45.9 Å². The fraction of sp³-hybridized carbons (Fsp3) is 0.611. The number of hydrogen-bond acceptors (Lipinski definition) is 6. The molecule has 154 valence electrons. The van der Waals surface area contributed by atoms with Crippen LogP contribution in [0.15, 0.2) is 18.2 Å². The molecule has 0 aliphatic heterocycles. The Bertz CT molecular complexity index is 668. The van der Waals surface area contributed by atoms with E-state index in [0.29, 0.717) is 17.1 Å². The Labute approximate surface area is 169 Å². The predicted molar refractivity (Wildman–Crippen MR) is 109 cm³/mol. The van der Waals surface area contributed by atoms with Crippen LogP contribution in [-0.2, 0) is 18.4 Å². The Morgan fingerprint density at radius 2 is 1.56 bits per heavy atom. The van der Waals surface area contributed by atoms with Crippen LogP contribution in [0.5, 0.6) is 11.5 Å². The zero-order valence-corrected chi connectivity index (χ0v) is 19.3. The molecule has 1 aromatic carbocycles. The lowest BCUT2D eigenvalue weighted by molar-refractivity contribution is -0.119. The molecular weight excluding hydrogens is 437 g/mol. The van der Waals surface area contributed by atoms with Crippen LogP contribution in [-0.4, -0.2) is 36.9 Å². The average Bonchev–Trinajstić information content (AvgIpc) is 2.56. The van der Waals surface area contributed by atoms with Gasteiger partial charge in [0.1, 0.15) is 4.57 Å². The Balaban J connectivity index is 3.39. The molecule has 2 atom stereocenters. The number of alkyl halides is 1. The van der Waals surface area contributed by atoms with E-state index in [1.807, 2.05) is 0 Å². The van der Waals surface area contributed by atoms with Gasteiger partial charge in [0.05, 0.1) is 32.5 Å². The van der Waals surface area contributed by atoms with Crippen LogP contribution in [0.25, 0.3) is 0 Å². The summed E-state index contributed by atoms with van der Waals surface area (Å²) in [7, 11) is -0.551. The van der Waals surface area contributed by atoms with Gasteiger partial charge >= 0.3 is 7.60 Å². The van der Waals surface area contributed by atoms with Gasteiger partial charge in [0, 0.05) is 6.92 Å². The summed E-state index contributed by atoms with van der Waals surface area (Å²) in [5, 5.41) is 2.82. The molecule has 0 saturated heterocycles. The first kappa shape index (κ1) is 24.0. The maximum atomic E-state index is 13.5. The van der Waals surface area contributed by atoms with Crippen molar-refractivity contribution in [3.63, 3.8) is 0 Å². The van der Waals surface area contributed by atoms with Gasteiger partial charge in [0.15, 0.2) is 11.5 Å². The highest BCUT2D eigenvalue weighted by molar-refractivity contribution is 9.10. The zero-order valence-electron chi connectivity index (χ0n) is 16.8. The number of nitrogens with one attached hydrogen (secondary N) is 1. The lowest BCUT2D eigenvalue weighted by Crippen LogP contribution is -2.33. The molecule has 0 aliphatic carbocycles. The van der Waals surface area contributed by atoms with Crippen LogP contribution in [0.4, 0.5) is 0 Å². The molecule has 1 rings (SSSR count). The Kier molecular flexibility index (Phi) is 9.28. The van der Waals surface area contributed by atoms with Gasteiger partial charge < -0.3 is 23.8 Å². The van der Waals surface area contributed by atoms with Crippen molar-refractivity contribution in [2.45, 2.75) is 57.4 Å². The van der Waals surface area contributed by atoms with E-state index >= 15 is 0 Å². The van der Waals surface area contributed by atoms with Gasteiger partial charge in [-0.05, 0) is 45.4 Å². The summed E-state index contributed by atoms with van der Waals surface area (Å²) in [6.45, 7) is 8.50. The smallest absolute Gasteiger partial charge is 0.347 e. The number of halogens is 1. The molecule has 0 spiro atoms. The zero-order chi connectivity index (χ0) is 20.8. The fourth-order valence-electron chi connectivity index (χ4n) is 2.49. The first-order valence-corrected chi connectivity index (χ1v) is 11.2. The molecule has 9 heteroatoms. The maximum Gasteiger partial charge on any atom is 0.347 e. The van der Waals surface area contributed by atoms with Crippen LogP contribution >= 0.6 is 23.5 Å². The number of methoxy groups -OCH3 is 2. The van der Waals surface area contributed by atoms with Crippen molar-refractivity contribution in [1.82, 2.24) is 5.32 Å². The molecule has 0 aliphatic rings. The molecule has 27 heavy (non-hydrogen) atoms. The highest BCUT2D eigenvalue weighted by Crippen LogP contribution is 2.61. The van der Waals surface area contributed by atoms with E-state index in [2.05, 4.69) is 21.2 Å². The standard InChI is InChI=1S/C18H29BrNO6P/c1-11(2)25-27(22,26-12(3)4)18(19)17(20-13(5)21)14-8-9-15(23-6)16(10-14)24-7/h8-12,17-18H,1-7H3,(H,20,21). The van der Waals surface area contributed by atoms with Crippen molar-refractivity contribution in [2.75, 3.05) is 14.2 Å². The molecule has 7 nitrogen and oxygen atoms in total. The SMILES string of the molecule is COc1ccc(C(NC(C)=O)C(Br)P(=O)(OC(C)C)OC(C)C)cc1OC. The molecule has 0 aromatic heterocycles. The normalized spacial score (nSPS) is 14.1. The minimum Gasteiger partial charge on any atom is -0.493 e. The van der Waals surface area contributed by atoms with Crippen molar-refractivity contribution >= 4 is 29.4 Å². The second kappa shape index (κ2) is 10.5. The number of carbonyl (C=O) groups excluding carboxylic acids is 1. The van der Waals surface area contributed by atoms with Crippen molar-refractivity contribution < 1.29 is 27.9 Å². The van der Waals surface area contributed by atoms with Crippen LogP contribution in [0.3, 0.4) is 0 Å². The summed E-state index contributed by atoms with van der Waals surface area (Å²) in [4.78, 5) is 11.8. The first-order valence-electron chi connectivity index (χ1n) is 8.63. The van der Waals surface area contributed by atoms with Gasteiger partial charge in [0.2, 0.25) is 5.91 Å². The van der Waals surface area contributed by atoms with Gasteiger partial charge in [-0.1, -0.05) is 22.0 Å². The molecular formula is C18H29BrNO6P. The fourth-order valence-corrected chi connectivity index (χ4v) is 5.57. The Morgan fingerprint density at radius 3 is 1.96 bits per heavy atom. The number of ether oxygens (including phenoxy) is 2. The van der Waals surface area contributed by atoms with E-state index in [1.165, 1.54) is 21.1 Å². The molecule has 1 N–H and O–H groups in total. The van der Waals surface area contributed by atoms with Crippen molar-refractivity contribution in [1.29, 1.82) is 0 Å². The van der Waals surface area contributed by atoms with E-state index in [4.69, 9.17) is 18.5 Å². The molecule has 0 heterocycles. The monoisotopic (exact) mass is 465 g/mol. The van der Waals surface area contributed by atoms with E-state index in [9.17, 15) is 9.36 Å². The van der Waals surface area contributed by atoms with E-state index in [0.717, 1.165) is 0 Å². The van der Waals surface area contributed by atoms with Gasteiger partial charge in [-0.25, -0.2) is 0 Å². The second-order valence-electron chi connectivity index (χ2n) is 6.51. The molecule has 0 bridgehead atoms. The van der Waals surface area contributed by atoms with Gasteiger partial charge in [-0.15, -0.1) is 0 Å². The summed E-state index contributed by atoms with van der Waals surface area (Å²) >= 11 is 3.47. The lowest BCUT2D eigenvalue weighted by Gasteiger charge is -2.32. The summed E-state index contributed by atoms with van der Waals surface area (Å²) in [5.74, 6) is 0.767. The Hall–Kier alpha value is -1.08. The highest BCUT2D eigenvalue weighted by Gasteiger charge is 2.42. The van der Waals surface area contributed by atoms with Crippen molar-refractivity contribution in [3.05, 3.63) is 23.8 Å². The largest absolute Gasteiger partial charge is 0.493 e. The predicted octanol–water partition coefficient (Wildman–Crippen LogP) is 4.65. The third-order valence-electron chi connectivity index (χ3n) is 3.42. The molecule has 1 amide bonds. The third kappa shape index (κ3) is 6.79. The number of benzene rings is 1. The molecule has 0 radical (unpaired) electrons. The number of amides is 1. The molecule has 1 aromatic rings. The highest BCUT2D eigenvalue weighted by atomic mass is 79.9. The van der Waals surface area contributed by atoms with Crippen molar-refractivity contribution in [3.8, 4) is 11.5 Å². The van der Waals surface area contributed by atoms with E-state index in [-0.39, 0.29) is 18.1 Å². The first-order chi connectivity index (χ1) is 12.5. The number of carbonyl (C=O) groups is 1. The molecule has 2 unspecified atom stereocenters. The summed E-state index contributed by atoms with van der Waals surface area (Å²) in [6, 6.07) is 4.54. The number of hydrogen-bond donors (Lipinski definition) is 1. The van der Waals surface area contributed by atoms with Gasteiger partial charge in [-0.3, -0.25) is 9.36 Å². The minimum absolute atomic E-state index is 0.278. The second-order valence-corrected chi connectivity index (χ2v) is 10.3. The lowest BCUT2D eigenvalue weighted by atomic mass is 10.1. The summed E-state index contributed by atoms with van der Waals surface area (Å²) < 4.78 is 34.6. The quantitative estimate of drug-likeness (QED) is 0.400. The van der Waals surface area contributed by atoms with Gasteiger partial charge in [0.25, 0.3) is 0 Å². The third-order valence-corrected chi connectivity index (χ3v) is 7.78.